The number of carbonyl (C=O) groups is 1. The predicted molar refractivity (Wildman–Crippen MR) is 90.1 cm³/mol. The minimum atomic E-state index is -3.77. The fourth-order valence-corrected chi connectivity index (χ4v) is 4.69. The topological polar surface area (TPSA) is 87.2 Å². The molecule has 0 aromatic heterocycles. The van der Waals surface area contributed by atoms with Gasteiger partial charge in [0.2, 0.25) is 10.0 Å². The van der Waals surface area contributed by atoms with Gasteiger partial charge in [-0.3, -0.25) is 9.69 Å². The average molecular weight is 397 g/mol. The number of ether oxygens (including phenoxy) is 1. The van der Waals surface area contributed by atoms with Gasteiger partial charge in [0.1, 0.15) is 4.90 Å². The zero-order valence-electron chi connectivity index (χ0n) is 13.0. The Morgan fingerprint density at radius 3 is 2.79 bits per heavy atom. The van der Waals surface area contributed by atoms with Gasteiger partial charge in [0, 0.05) is 24.7 Å². The molecule has 1 aromatic carbocycles. The smallest absolute Gasteiger partial charge is 0.317 e. The van der Waals surface area contributed by atoms with Crippen LogP contribution < -0.4 is 0 Å². The zero-order chi connectivity index (χ0) is 17.9. The van der Waals surface area contributed by atoms with Crippen LogP contribution >= 0.6 is 23.2 Å². The number of likely N-dealkylation sites (N-methyl/N-ethyl adjacent to an activating group) is 1. The molecule has 7 nitrogen and oxygen atoms in total. The van der Waals surface area contributed by atoms with Crippen molar-refractivity contribution in [2.24, 2.45) is 0 Å². The minimum Gasteiger partial charge on any atom is -0.480 e. The number of hydrogen-bond acceptors (Lipinski definition) is 5. The van der Waals surface area contributed by atoms with Crippen LogP contribution in [0.2, 0.25) is 10.0 Å². The molecule has 0 spiro atoms. The Hall–Kier alpha value is -0.900. The third kappa shape index (κ3) is 4.81. The lowest BCUT2D eigenvalue weighted by atomic mass is 10.3. The lowest BCUT2D eigenvalue weighted by molar-refractivity contribution is -0.138. The summed E-state index contributed by atoms with van der Waals surface area (Å²) in [7, 11) is -2.13. The molecule has 1 saturated heterocycles. The minimum absolute atomic E-state index is 0.00638. The first-order valence-corrected chi connectivity index (χ1v) is 9.37. The third-order valence-electron chi connectivity index (χ3n) is 3.53. The quantitative estimate of drug-likeness (QED) is 0.781. The second-order valence-corrected chi connectivity index (χ2v) is 8.27. The van der Waals surface area contributed by atoms with Crippen LogP contribution in [0.1, 0.15) is 0 Å². The second-order valence-electron chi connectivity index (χ2n) is 5.52. The van der Waals surface area contributed by atoms with Gasteiger partial charge < -0.3 is 9.84 Å². The van der Waals surface area contributed by atoms with Crippen LogP contribution in [0, 0.1) is 0 Å². The molecule has 1 aliphatic rings. The normalized spacial score (nSPS) is 19.6. The van der Waals surface area contributed by atoms with Crippen LogP contribution in [0.15, 0.2) is 23.1 Å². The van der Waals surface area contributed by atoms with E-state index in [1.807, 2.05) is 0 Å². The summed E-state index contributed by atoms with van der Waals surface area (Å²) in [4.78, 5) is 12.3. The highest BCUT2D eigenvalue weighted by molar-refractivity contribution is 7.89. The summed E-state index contributed by atoms with van der Waals surface area (Å²) < 4.78 is 32.4. The van der Waals surface area contributed by atoms with Crippen molar-refractivity contribution in [3.05, 3.63) is 28.2 Å². The molecule has 0 saturated carbocycles. The van der Waals surface area contributed by atoms with Crippen LogP contribution in [0.25, 0.3) is 0 Å². The van der Waals surface area contributed by atoms with E-state index in [0.717, 1.165) is 0 Å². The number of halogens is 2. The molecule has 1 unspecified atom stereocenters. The maximum atomic E-state index is 12.8. The largest absolute Gasteiger partial charge is 0.480 e. The number of benzene rings is 1. The number of hydrogen-bond donors (Lipinski definition) is 1. The van der Waals surface area contributed by atoms with Gasteiger partial charge in [0.05, 0.1) is 24.3 Å². The summed E-state index contributed by atoms with van der Waals surface area (Å²) in [5.74, 6) is -0.953. The molecule has 1 N–H and O–H groups in total. The van der Waals surface area contributed by atoms with E-state index in [1.165, 1.54) is 22.5 Å². The standard InChI is InChI=1S/C14H18Cl2N2O5S/c1-17(9-14(19)20)7-11-8-18(4-5-23-11)24(21,22)13-3-2-10(15)6-12(13)16/h2-3,6,11H,4-5,7-9H2,1H3,(H,19,20). The van der Waals surface area contributed by atoms with Crippen LogP contribution in [0.3, 0.4) is 0 Å². The molecule has 1 fully saturated rings. The molecule has 1 heterocycles. The summed E-state index contributed by atoms with van der Waals surface area (Å²) in [5, 5.41) is 9.20. The number of nitrogens with zero attached hydrogens (tertiary/aromatic N) is 2. The first-order valence-electron chi connectivity index (χ1n) is 7.17. The number of carboxylic acid groups (broad SMARTS) is 1. The molecule has 24 heavy (non-hydrogen) atoms. The predicted octanol–water partition coefficient (Wildman–Crippen LogP) is 1.40. The van der Waals surface area contributed by atoms with Gasteiger partial charge in [0.25, 0.3) is 0 Å². The molecule has 0 aliphatic carbocycles. The summed E-state index contributed by atoms with van der Waals surface area (Å²) in [6.45, 7) is 0.740. The Labute approximate surface area is 150 Å². The Morgan fingerprint density at radius 1 is 1.46 bits per heavy atom. The van der Waals surface area contributed by atoms with Crippen molar-refractivity contribution < 1.29 is 23.1 Å². The van der Waals surface area contributed by atoms with E-state index in [-0.39, 0.29) is 36.2 Å². The van der Waals surface area contributed by atoms with Crippen LogP contribution in [-0.4, -0.2) is 74.6 Å². The van der Waals surface area contributed by atoms with Crippen LogP contribution in [0.5, 0.6) is 0 Å². The number of sulfonamides is 1. The fourth-order valence-electron chi connectivity index (χ4n) is 2.49. The van der Waals surface area contributed by atoms with Crippen molar-refractivity contribution in [1.29, 1.82) is 0 Å². The van der Waals surface area contributed by atoms with Crippen molar-refractivity contribution in [2.75, 3.05) is 39.8 Å². The Balaban J connectivity index is 2.11. The Kier molecular flexibility index (Phi) is 6.46. The summed E-state index contributed by atoms with van der Waals surface area (Å²) in [6, 6.07) is 4.23. The van der Waals surface area contributed by atoms with E-state index in [1.54, 1.807) is 11.9 Å². The van der Waals surface area contributed by atoms with E-state index < -0.39 is 22.1 Å². The van der Waals surface area contributed by atoms with Gasteiger partial charge in [-0.05, 0) is 25.2 Å². The zero-order valence-corrected chi connectivity index (χ0v) is 15.3. The molecule has 1 aromatic rings. The monoisotopic (exact) mass is 396 g/mol. The number of carboxylic acids is 1. The van der Waals surface area contributed by atoms with Gasteiger partial charge in [-0.15, -0.1) is 0 Å². The van der Waals surface area contributed by atoms with E-state index >= 15 is 0 Å². The SMILES string of the molecule is CN(CC(=O)O)CC1CN(S(=O)(=O)c2ccc(Cl)cc2Cl)CCO1. The molecule has 1 atom stereocenters. The van der Waals surface area contributed by atoms with E-state index in [2.05, 4.69) is 0 Å². The van der Waals surface area contributed by atoms with Gasteiger partial charge in [-0.2, -0.15) is 4.31 Å². The first kappa shape index (κ1) is 19.4. The number of rotatable bonds is 6. The van der Waals surface area contributed by atoms with Gasteiger partial charge in [-0.1, -0.05) is 23.2 Å². The molecular formula is C14H18Cl2N2O5S. The molecular weight excluding hydrogens is 379 g/mol. The van der Waals surface area contributed by atoms with Crippen molar-refractivity contribution in [2.45, 2.75) is 11.0 Å². The van der Waals surface area contributed by atoms with Crippen molar-refractivity contribution >= 4 is 39.2 Å². The summed E-state index contributed by atoms with van der Waals surface area (Å²) in [5.41, 5.74) is 0. The molecule has 10 heteroatoms. The average Bonchev–Trinajstić information content (AvgIpc) is 2.46. The highest BCUT2D eigenvalue weighted by atomic mass is 35.5. The number of aliphatic carboxylic acids is 1. The molecule has 2 rings (SSSR count). The second kappa shape index (κ2) is 7.99. The lowest BCUT2D eigenvalue weighted by Gasteiger charge is -2.34. The van der Waals surface area contributed by atoms with Crippen molar-refractivity contribution in [1.82, 2.24) is 9.21 Å². The summed E-state index contributed by atoms with van der Waals surface area (Å²) in [6.07, 6.45) is -0.413. The highest BCUT2D eigenvalue weighted by Crippen LogP contribution is 2.28. The maximum absolute atomic E-state index is 12.8. The Morgan fingerprint density at radius 2 is 2.17 bits per heavy atom. The highest BCUT2D eigenvalue weighted by Gasteiger charge is 2.32. The fraction of sp³-hybridized carbons (Fsp3) is 0.500. The van der Waals surface area contributed by atoms with Gasteiger partial charge >= 0.3 is 5.97 Å². The lowest BCUT2D eigenvalue weighted by Crippen LogP contribution is -2.49. The summed E-state index contributed by atoms with van der Waals surface area (Å²) >= 11 is 11.8. The van der Waals surface area contributed by atoms with Crippen LogP contribution in [0.4, 0.5) is 0 Å². The molecule has 0 radical (unpaired) electrons. The van der Waals surface area contributed by atoms with E-state index in [9.17, 15) is 13.2 Å². The molecule has 1 aliphatic heterocycles. The van der Waals surface area contributed by atoms with E-state index in [4.69, 9.17) is 33.0 Å². The van der Waals surface area contributed by atoms with Crippen molar-refractivity contribution in [3.8, 4) is 0 Å². The molecule has 0 amide bonds. The Bertz CT molecular complexity index is 713. The first-order chi connectivity index (χ1) is 11.2. The van der Waals surface area contributed by atoms with Gasteiger partial charge in [-0.25, -0.2) is 8.42 Å². The van der Waals surface area contributed by atoms with Crippen LogP contribution in [-0.2, 0) is 19.6 Å². The number of morpholine rings is 1. The third-order valence-corrected chi connectivity index (χ3v) is 6.12. The van der Waals surface area contributed by atoms with Crippen molar-refractivity contribution in [3.63, 3.8) is 0 Å². The van der Waals surface area contributed by atoms with E-state index in [0.29, 0.717) is 11.6 Å². The maximum Gasteiger partial charge on any atom is 0.317 e. The van der Waals surface area contributed by atoms with Gasteiger partial charge in [0.15, 0.2) is 0 Å². The molecule has 134 valence electrons. The molecule has 0 bridgehead atoms.